The number of aromatic nitrogens is 1. The third kappa shape index (κ3) is 6.39. The lowest BCUT2D eigenvalue weighted by Gasteiger charge is -2.30. The zero-order valence-electron chi connectivity index (χ0n) is 21.6. The van der Waals surface area contributed by atoms with E-state index in [1.54, 1.807) is 16.5 Å². The number of benzene rings is 2. The Kier molecular flexibility index (Phi) is 8.98. The molecule has 3 aromatic rings. The van der Waals surface area contributed by atoms with Gasteiger partial charge < -0.3 is 14.6 Å². The van der Waals surface area contributed by atoms with Gasteiger partial charge in [0.15, 0.2) is 0 Å². The summed E-state index contributed by atoms with van der Waals surface area (Å²) >= 11 is 0. The van der Waals surface area contributed by atoms with Crippen LogP contribution in [-0.2, 0) is 22.4 Å². The fraction of sp³-hybridized carbons (Fsp3) is 0.379. The van der Waals surface area contributed by atoms with Crippen LogP contribution in [0.4, 0.5) is 4.79 Å². The molecule has 1 aromatic heterocycles. The van der Waals surface area contributed by atoms with Gasteiger partial charge in [-0.2, -0.15) is 0 Å². The molecule has 0 fully saturated rings. The van der Waals surface area contributed by atoms with E-state index in [4.69, 9.17) is 9.94 Å². The maximum Gasteiger partial charge on any atom is 0.409 e. The average molecular weight is 505 g/mol. The van der Waals surface area contributed by atoms with Crippen molar-refractivity contribution in [3.8, 4) is 0 Å². The highest BCUT2D eigenvalue weighted by Gasteiger charge is 2.28. The molecule has 0 bridgehead atoms. The molecule has 3 N–H and O–H groups in total. The Bertz CT molecular complexity index is 1250. The fourth-order valence-corrected chi connectivity index (χ4v) is 5.16. The molecule has 4 rings (SSSR count). The number of fused-ring (bicyclic) bond motifs is 2. The number of rotatable bonds is 11. The molecule has 1 unspecified atom stereocenters. The first-order chi connectivity index (χ1) is 18.0. The molecular formula is C29H36N4O4. The summed E-state index contributed by atoms with van der Waals surface area (Å²) < 4.78 is 5.63. The summed E-state index contributed by atoms with van der Waals surface area (Å²) in [6.07, 6.45) is 7.64. The molecule has 1 aliphatic rings. The second-order valence-corrected chi connectivity index (χ2v) is 9.25. The van der Waals surface area contributed by atoms with Crippen LogP contribution in [0.15, 0.2) is 54.7 Å². The van der Waals surface area contributed by atoms with E-state index in [0.717, 1.165) is 36.9 Å². The highest BCUT2D eigenvalue weighted by atomic mass is 16.6. The third-order valence-corrected chi connectivity index (χ3v) is 7.16. The smallest absolute Gasteiger partial charge is 0.409 e. The molecule has 1 atom stereocenters. The van der Waals surface area contributed by atoms with Gasteiger partial charge in [-0.05, 0) is 67.5 Å². The van der Waals surface area contributed by atoms with E-state index in [9.17, 15) is 9.59 Å². The van der Waals surface area contributed by atoms with Crippen LogP contribution in [0.2, 0.25) is 0 Å². The number of nitrogens with one attached hydrogen (secondary N) is 2. The van der Waals surface area contributed by atoms with Crippen LogP contribution in [0.3, 0.4) is 0 Å². The SMILES string of the molecule is CCN(CC)C(=O)OCCN(CCc1c[nH]c2ccccc12)C1CCc2cc(C=CC(=O)NO)ccc21. The van der Waals surface area contributed by atoms with Crippen LogP contribution in [0.1, 0.15) is 48.6 Å². The summed E-state index contributed by atoms with van der Waals surface area (Å²) in [6, 6.07) is 14.8. The number of amides is 2. The number of para-hydroxylation sites is 1. The van der Waals surface area contributed by atoms with Gasteiger partial charge in [-0.3, -0.25) is 14.9 Å². The Morgan fingerprint density at radius 1 is 1.16 bits per heavy atom. The Hall–Kier alpha value is -3.62. The third-order valence-electron chi connectivity index (χ3n) is 7.16. The molecule has 196 valence electrons. The zero-order valence-corrected chi connectivity index (χ0v) is 21.6. The number of carbonyl (C=O) groups excluding carboxylic acids is 2. The Labute approximate surface area is 217 Å². The molecule has 37 heavy (non-hydrogen) atoms. The number of aromatic amines is 1. The van der Waals surface area contributed by atoms with Crippen molar-refractivity contribution < 1.29 is 19.5 Å². The summed E-state index contributed by atoms with van der Waals surface area (Å²) in [7, 11) is 0. The molecule has 8 heteroatoms. The maximum atomic E-state index is 12.4. The van der Waals surface area contributed by atoms with Crippen LogP contribution >= 0.6 is 0 Å². The Balaban J connectivity index is 1.49. The van der Waals surface area contributed by atoms with Gasteiger partial charge in [-0.15, -0.1) is 0 Å². The molecule has 1 heterocycles. The van der Waals surface area contributed by atoms with Crippen molar-refractivity contribution in [1.82, 2.24) is 20.3 Å². The first-order valence-corrected chi connectivity index (χ1v) is 13.0. The van der Waals surface area contributed by atoms with E-state index >= 15 is 0 Å². The number of nitrogens with zero attached hydrogens (tertiary/aromatic N) is 2. The Morgan fingerprint density at radius 2 is 1.97 bits per heavy atom. The molecule has 8 nitrogen and oxygen atoms in total. The molecule has 2 aromatic carbocycles. The molecule has 0 aliphatic heterocycles. The van der Waals surface area contributed by atoms with Gasteiger partial charge in [0.2, 0.25) is 0 Å². The van der Waals surface area contributed by atoms with Gasteiger partial charge in [-0.25, -0.2) is 10.3 Å². The minimum absolute atomic E-state index is 0.228. The lowest BCUT2D eigenvalue weighted by atomic mass is 10.0. The van der Waals surface area contributed by atoms with Crippen molar-refractivity contribution in [2.45, 2.75) is 39.2 Å². The van der Waals surface area contributed by atoms with Crippen molar-refractivity contribution in [1.29, 1.82) is 0 Å². The van der Waals surface area contributed by atoms with Crippen molar-refractivity contribution in [3.63, 3.8) is 0 Å². The predicted octanol–water partition coefficient (Wildman–Crippen LogP) is 4.70. The monoisotopic (exact) mass is 504 g/mol. The van der Waals surface area contributed by atoms with Gasteiger partial charge >= 0.3 is 6.09 Å². The molecular weight excluding hydrogens is 468 g/mol. The highest BCUT2D eigenvalue weighted by Crippen LogP contribution is 2.36. The van der Waals surface area contributed by atoms with Crippen molar-refractivity contribution in [2.24, 2.45) is 0 Å². The van der Waals surface area contributed by atoms with Crippen LogP contribution in [0.25, 0.3) is 17.0 Å². The maximum absolute atomic E-state index is 12.4. The topological polar surface area (TPSA) is 97.9 Å². The van der Waals surface area contributed by atoms with Crippen molar-refractivity contribution >= 4 is 29.0 Å². The second kappa shape index (κ2) is 12.6. The van der Waals surface area contributed by atoms with Crippen LogP contribution in [0, 0.1) is 0 Å². The van der Waals surface area contributed by atoms with E-state index in [-0.39, 0.29) is 12.1 Å². The second-order valence-electron chi connectivity index (χ2n) is 9.25. The van der Waals surface area contributed by atoms with Crippen molar-refractivity contribution in [2.75, 3.05) is 32.8 Å². The van der Waals surface area contributed by atoms with E-state index in [1.807, 2.05) is 26.0 Å². The number of H-pyrrole nitrogens is 1. The first-order valence-electron chi connectivity index (χ1n) is 13.0. The van der Waals surface area contributed by atoms with Crippen molar-refractivity contribution in [3.05, 3.63) is 77.0 Å². The van der Waals surface area contributed by atoms with Crippen LogP contribution < -0.4 is 5.48 Å². The minimum Gasteiger partial charge on any atom is -0.448 e. The summed E-state index contributed by atoms with van der Waals surface area (Å²) in [4.78, 5) is 31.2. The molecule has 0 saturated carbocycles. The summed E-state index contributed by atoms with van der Waals surface area (Å²) in [5.41, 5.74) is 7.48. The van der Waals surface area contributed by atoms with Gasteiger partial charge in [0.1, 0.15) is 6.61 Å². The largest absolute Gasteiger partial charge is 0.448 e. The quantitative estimate of drug-likeness (QED) is 0.200. The number of carbonyl (C=O) groups is 2. The number of aryl methyl sites for hydroxylation is 1. The van der Waals surface area contributed by atoms with Gasteiger partial charge in [0.25, 0.3) is 5.91 Å². The molecule has 0 spiro atoms. The van der Waals surface area contributed by atoms with Gasteiger partial charge in [0.05, 0.1) is 0 Å². The van der Waals surface area contributed by atoms with Gasteiger partial charge in [0, 0.05) is 55.4 Å². The summed E-state index contributed by atoms with van der Waals surface area (Å²) in [5, 5.41) is 9.95. The lowest BCUT2D eigenvalue weighted by Crippen LogP contribution is -2.36. The fourth-order valence-electron chi connectivity index (χ4n) is 5.16. The zero-order chi connectivity index (χ0) is 26.2. The molecule has 0 radical (unpaired) electrons. The highest BCUT2D eigenvalue weighted by molar-refractivity contribution is 5.90. The van der Waals surface area contributed by atoms with E-state index < -0.39 is 5.91 Å². The van der Waals surface area contributed by atoms with Crippen LogP contribution in [-0.4, -0.2) is 64.8 Å². The summed E-state index contributed by atoms with van der Waals surface area (Å²) in [5.74, 6) is -0.555. The first kappa shape index (κ1) is 26.4. The molecule has 1 aliphatic carbocycles. The van der Waals surface area contributed by atoms with Crippen LogP contribution in [0.5, 0.6) is 0 Å². The predicted molar refractivity (Wildman–Crippen MR) is 144 cm³/mol. The number of ether oxygens (including phenoxy) is 1. The van der Waals surface area contributed by atoms with E-state index in [1.165, 1.54) is 28.2 Å². The molecule has 2 amide bonds. The Morgan fingerprint density at radius 3 is 2.76 bits per heavy atom. The lowest BCUT2D eigenvalue weighted by molar-refractivity contribution is -0.124. The number of hydrogen-bond acceptors (Lipinski definition) is 5. The number of hydroxylamine groups is 1. The summed E-state index contributed by atoms with van der Waals surface area (Å²) in [6.45, 7) is 7.00. The van der Waals surface area contributed by atoms with E-state index in [0.29, 0.717) is 26.2 Å². The number of hydrogen-bond donors (Lipinski definition) is 3. The normalized spacial score (nSPS) is 14.9. The standard InChI is InChI=1S/C29H36N4O4/c1-3-32(4-2)29(35)37-18-17-33(16-15-23-20-30-26-8-6-5-7-24(23)26)27-13-11-22-19-21(9-12-25(22)27)10-14-28(34)31-36/h5-10,12,14,19-20,27,30,36H,3-4,11,13,15-18H2,1-2H3,(H,31,34). The molecule has 0 saturated heterocycles. The van der Waals surface area contributed by atoms with Gasteiger partial charge in [-0.1, -0.05) is 36.4 Å². The van der Waals surface area contributed by atoms with E-state index in [2.05, 4.69) is 46.4 Å². The average Bonchev–Trinajstić information content (AvgIpc) is 3.54. The minimum atomic E-state index is -0.555.